The number of aryl methyl sites for hydroxylation is 2. The summed E-state index contributed by atoms with van der Waals surface area (Å²) in [6, 6.07) is 8.62. The molecule has 20 heavy (non-hydrogen) atoms. The Kier molecular flexibility index (Phi) is 3.80. The second-order valence-corrected chi connectivity index (χ2v) is 6.22. The van der Waals surface area contributed by atoms with Crippen LogP contribution < -0.4 is 5.32 Å². The molecule has 0 radical (unpaired) electrons. The standard InChI is InChI=1S/C17H23N3/c1-11-7-8-13(17(3,4)5)9-14(11)15-10-16(18-6)20-12(2)19-15/h7-10H,1-6H3,(H,18,19,20). The van der Waals surface area contributed by atoms with Crippen molar-refractivity contribution in [3.63, 3.8) is 0 Å². The molecule has 1 heterocycles. The third kappa shape index (κ3) is 2.98. The van der Waals surface area contributed by atoms with E-state index in [4.69, 9.17) is 0 Å². The molecule has 1 aromatic heterocycles. The Hall–Kier alpha value is -1.90. The van der Waals surface area contributed by atoms with Crippen LogP contribution in [0.4, 0.5) is 5.82 Å². The summed E-state index contributed by atoms with van der Waals surface area (Å²) in [4.78, 5) is 8.94. The fourth-order valence-electron chi connectivity index (χ4n) is 2.20. The van der Waals surface area contributed by atoms with E-state index in [9.17, 15) is 0 Å². The summed E-state index contributed by atoms with van der Waals surface area (Å²) in [5.41, 5.74) is 4.85. The number of nitrogens with one attached hydrogen (secondary N) is 1. The van der Waals surface area contributed by atoms with E-state index in [1.807, 2.05) is 20.0 Å². The molecule has 2 aromatic rings. The highest BCUT2D eigenvalue weighted by Crippen LogP contribution is 2.30. The second-order valence-electron chi connectivity index (χ2n) is 6.22. The van der Waals surface area contributed by atoms with E-state index in [1.165, 1.54) is 16.7 Å². The van der Waals surface area contributed by atoms with Gasteiger partial charge in [-0.05, 0) is 36.5 Å². The van der Waals surface area contributed by atoms with E-state index in [0.29, 0.717) is 0 Å². The summed E-state index contributed by atoms with van der Waals surface area (Å²) in [6.07, 6.45) is 0. The minimum absolute atomic E-state index is 0.135. The zero-order valence-corrected chi connectivity index (χ0v) is 13.2. The van der Waals surface area contributed by atoms with Crippen LogP contribution in [0.25, 0.3) is 11.3 Å². The number of aromatic nitrogens is 2. The lowest BCUT2D eigenvalue weighted by atomic mass is 9.85. The minimum atomic E-state index is 0.135. The third-order valence-electron chi connectivity index (χ3n) is 3.47. The molecule has 0 aliphatic rings. The number of benzene rings is 1. The molecule has 0 amide bonds. The van der Waals surface area contributed by atoms with E-state index in [1.54, 1.807) is 0 Å². The molecule has 0 bridgehead atoms. The van der Waals surface area contributed by atoms with E-state index in [2.05, 4.69) is 61.2 Å². The molecule has 0 fully saturated rings. The number of nitrogens with zero attached hydrogens (tertiary/aromatic N) is 2. The van der Waals surface area contributed by atoms with Crippen molar-refractivity contribution < 1.29 is 0 Å². The average Bonchev–Trinajstić information content (AvgIpc) is 2.37. The number of hydrogen-bond acceptors (Lipinski definition) is 3. The van der Waals surface area contributed by atoms with Crippen LogP contribution in [0.5, 0.6) is 0 Å². The SMILES string of the molecule is CNc1cc(-c2cc(C(C)(C)C)ccc2C)nc(C)n1. The molecular weight excluding hydrogens is 246 g/mol. The average molecular weight is 269 g/mol. The maximum Gasteiger partial charge on any atom is 0.130 e. The van der Waals surface area contributed by atoms with Gasteiger partial charge < -0.3 is 5.32 Å². The van der Waals surface area contributed by atoms with Gasteiger partial charge in [-0.3, -0.25) is 0 Å². The first-order valence-corrected chi connectivity index (χ1v) is 6.96. The molecule has 0 saturated heterocycles. The topological polar surface area (TPSA) is 37.8 Å². The molecule has 0 aliphatic carbocycles. The molecular formula is C17H23N3. The van der Waals surface area contributed by atoms with Gasteiger partial charge in [0.15, 0.2) is 0 Å². The molecule has 0 aliphatic heterocycles. The lowest BCUT2D eigenvalue weighted by Crippen LogP contribution is -2.11. The molecule has 106 valence electrons. The van der Waals surface area contributed by atoms with E-state index in [0.717, 1.165) is 17.3 Å². The number of hydrogen-bond donors (Lipinski definition) is 1. The van der Waals surface area contributed by atoms with Crippen LogP contribution in [0.2, 0.25) is 0 Å². The molecule has 1 N–H and O–H groups in total. The van der Waals surface area contributed by atoms with E-state index >= 15 is 0 Å². The fraction of sp³-hybridized carbons (Fsp3) is 0.412. The lowest BCUT2D eigenvalue weighted by Gasteiger charge is -2.21. The quantitative estimate of drug-likeness (QED) is 0.892. The first-order valence-electron chi connectivity index (χ1n) is 6.96. The number of anilines is 1. The van der Waals surface area contributed by atoms with Gasteiger partial charge >= 0.3 is 0 Å². The Bertz CT molecular complexity index is 625. The lowest BCUT2D eigenvalue weighted by molar-refractivity contribution is 0.590. The third-order valence-corrected chi connectivity index (χ3v) is 3.47. The van der Waals surface area contributed by atoms with Crippen molar-refractivity contribution in [1.29, 1.82) is 0 Å². The maximum atomic E-state index is 4.58. The molecule has 3 heteroatoms. The highest BCUT2D eigenvalue weighted by Gasteiger charge is 2.16. The first-order chi connectivity index (χ1) is 9.31. The van der Waals surface area contributed by atoms with Crippen molar-refractivity contribution >= 4 is 5.82 Å². The predicted molar refractivity (Wildman–Crippen MR) is 85.2 cm³/mol. The zero-order valence-electron chi connectivity index (χ0n) is 13.2. The molecule has 0 saturated carbocycles. The molecule has 0 atom stereocenters. The Morgan fingerprint density at radius 2 is 1.70 bits per heavy atom. The Labute approximate surface area is 121 Å². The van der Waals surface area contributed by atoms with Crippen LogP contribution in [-0.4, -0.2) is 17.0 Å². The van der Waals surface area contributed by atoms with Crippen LogP contribution in [-0.2, 0) is 5.41 Å². The summed E-state index contributed by atoms with van der Waals surface area (Å²) in [5, 5.41) is 3.09. The largest absolute Gasteiger partial charge is 0.373 e. The fourth-order valence-corrected chi connectivity index (χ4v) is 2.20. The van der Waals surface area contributed by atoms with Gasteiger partial charge in [0.05, 0.1) is 5.69 Å². The Balaban J connectivity index is 2.60. The number of rotatable bonds is 2. The van der Waals surface area contributed by atoms with Crippen molar-refractivity contribution in [2.75, 3.05) is 12.4 Å². The highest BCUT2D eigenvalue weighted by atomic mass is 15.0. The van der Waals surface area contributed by atoms with Crippen molar-refractivity contribution in [3.05, 3.63) is 41.2 Å². The van der Waals surface area contributed by atoms with Crippen molar-refractivity contribution in [2.45, 2.75) is 40.0 Å². The van der Waals surface area contributed by atoms with E-state index < -0.39 is 0 Å². The van der Waals surface area contributed by atoms with Crippen molar-refractivity contribution in [1.82, 2.24) is 9.97 Å². The summed E-state index contributed by atoms with van der Waals surface area (Å²) < 4.78 is 0. The van der Waals surface area contributed by atoms with Gasteiger partial charge in [-0.1, -0.05) is 32.9 Å². The smallest absolute Gasteiger partial charge is 0.130 e. The van der Waals surface area contributed by atoms with Gasteiger partial charge in [0, 0.05) is 18.7 Å². The second kappa shape index (κ2) is 5.23. The van der Waals surface area contributed by atoms with Crippen molar-refractivity contribution in [3.8, 4) is 11.3 Å². The maximum absolute atomic E-state index is 4.58. The van der Waals surface area contributed by atoms with Crippen molar-refractivity contribution in [2.24, 2.45) is 0 Å². The summed E-state index contributed by atoms with van der Waals surface area (Å²) >= 11 is 0. The molecule has 1 aromatic carbocycles. The van der Waals surface area contributed by atoms with Gasteiger partial charge in [0.25, 0.3) is 0 Å². The monoisotopic (exact) mass is 269 g/mol. The molecule has 2 rings (SSSR count). The van der Waals surface area contributed by atoms with Crippen LogP contribution in [0.15, 0.2) is 24.3 Å². The van der Waals surface area contributed by atoms with E-state index in [-0.39, 0.29) is 5.41 Å². The van der Waals surface area contributed by atoms with Crippen LogP contribution >= 0.6 is 0 Å². The van der Waals surface area contributed by atoms with Gasteiger partial charge in [-0.25, -0.2) is 9.97 Å². The zero-order chi connectivity index (χ0) is 14.9. The van der Waals surface area contributed by atoms with Crippen LogP contribution in [0.1, 0.15) is 37.7 Å². The first kappa shape index (κ1) is 14.5. The summed E-state index contributed by atoms with van der Waals surface area (Å²) in [5.74, 6) is 1.64. The highest BCUT2D eigenvalue weighted by molar-refractivity contribution is 5.67. The normalized spacial score (nSPS) is 11.5. The minimum Gasteiger partial charge on any atom is -0.373 e. The summed E-state index contributed by atoms with van der Waals surface area (Å²) in [6.45, 7) is 10.7. The van der Waals surface area contributed by atoms with Gasteiger partial charge in [-0.15, -0.1) is 0 Å². The van der Waals surface area contributed by atoms with Gasteiger partial charge in [0.1, 0.15) is 11.6 Å². The predicted octanol–water partition coefficient (Wildman–Crippen LogP) is 4.10. The Morgan fingerprint density at radius 3 is 2.30 bits per heavy atom. The Morgan fingerprint density at radius 1 is 1.00 bits per heavy atom. The van der Waals surface area contributed by atoms with Gasteiger partial charge in [0.2, 0.25) is 0 Å². The van der Waals surface area contributed by atoms with Gasteiger partial charge in [-0.2, -0.15) is 0 Å². The molecule has 0 spiro atoms. The summed E-state index contributed by atoms with van der Waals surface area (Å²) in [7, 11) is 1.88. The van der Waals surface area contributed by atoms with Crippen LogP contribution in [0.3, 0.4) is 0 Å². The molecule has 3 nitrogen and oxygen atoms in total. The molecule has 0 unspecified atom stereocenters. The van der Waals surface area contributed by atoms with Crippen LogP contribution in [0, 0.1) is 13.8 Å².